The van der Waals surface area contributed by atoms with Crippen molar-refractivity contribution < 1.29 is 9.47 Å². The second kappa shape index (κ2) is 14.0. The topological polar surface area (TPSA) is 119 Å². The maximum atomic E-state index is 5.96. The Morgan fingerprint density at radius 2 is 1.22 bits per heavy atom. The van der Waals surface area contributed by atoms with Crippen molar-refractivity contribution in [1.82, 2.24) is 34.5 Å². The highest BCUT2D eigenvalue weighted by molar-refractivity contribution is 9.11. The minimum absolute atomic E-state index is 0.464. The number of hydrogen-bond acceptors (Lipinski definition) is 10. The van der Waals surface area contributed by atoms with Crippen molar-refractivity contribution in [3.8, 4) is 20.4 Å². The summed E-state index contributed by atoms with van der Waals surface area (Å²) in [5.41, 5.74) is 14.4. The van der Waals surface area contributed by atoms with E-state index in [4.69, 9.17) is 15.2 Å². The van der Waals surface area contributed by atoms with Crippen LogP contribution in [0.5, 0.6) is 0 Å². The van der Waals surface area contributed by atoms with Crippen molar-refractivity contribution in [2.24, 2.45) is 0 Å². The Morgan fingerprint density at radius 1 is 0.680 bits per heavy atom. The van der Waals surface area contributed by atoms with Gasteiger partial charge in [0.25, 0.3) is 0 Å². The first-order chi connectivity index (χ1) is 24.4. The fraction of sp³-hybridized carbons (Fsp3) is 0.216. The van der Waals surface area contributed by atoms with Crippen molar-refractivity contribution in [1.29, 1.82) is 0 Å². The molecule has 0 amide bonds. The number of aromatic nitrogens is 7. The molecule has 7 heterocycles. The minimum Gasteiger partial charge on any atom is -0.384 e. The van der Waals surface area contributed by atoms with Gasteiger partial charge in [0.05, 0.1) is 17.0 Å². The smallest absolute Gasteiger partial charge is 0.164 e. The lowest BCUT2D eigenvalue weighted by Gasteiger charge is -2.09. The summed E-state index contributed by atoms with van der Waals surface area (Å²) in [6.45, 7) is 6.10. The molecular formula is C37H33BrN8O2S2. The maximum absolute atomic E-state index is 5.96. The van der Waals surface area contributed by atoms with Crippen LogP contribution in [0.25, 0.3) is 20.4 Å². The summed E-state index contributed by atoms with van der Waals surface area (Å²) in [6, 6.07) is 24.9. The molecule has 10 nitrogen and oxygen atoms in total. The standard InChI is InChI=1S/C21H19N5OS.C16H14BrN3OS/c1-13-24-25-19-12-27-11-17-16(9-14-5-3-2-4-6-14)20(28-21(17)26(13)19)15-7-8-18(22)23-10-15;1-10-18-19-14-9-21-8-13-12(7-11-5-3-2-4-6-11)15(17)22-16(13)20(10)14/h2-8,10H,9,11-12H2,1H3,(H2,22,23);2-6H,7-9H2,1H3. The Balaban J connectivity index is 0.000000149. The van der Waals surface area contributed by atoms with Gasteiger partial charge in [-0.1, -0.05) is 60.7 Å². The van der Waals surface area contributed by atoms with Crippen LogP contribution in [-0.2, 0) is 48.7 Å². The number of nitrogen functional groups attached to an aromatic ring is 1. The van der Waals surface area contributed by atoms with Crippen LogP contribution in [0.15, 0.2) is 82.8 Å². The van der Waals surface area contributed by atoms with E-state index >= 15 is 0 Å². The van der Waals surface area contributed by atoms with Crippen molar-refractivity contribution >= 4 is 44.4 Å². The molecule has 9 rings (SSSR count). The van der Waals surface area contributed by atoms with Gasteiger partial charge in [-0.15, -0.1) is 43.1 Å². The van der Waals surface area contributed by atoms with E-state index in [-0.39, 0.29) is 0 Å². The number of nitrogens with zero attached hydrogens (tertiary/aromatic N) is 7. The molecule has 252 valence electrons. The van der Waals surface area contributed by atoms with Gasteiger partial charge in [-0.05, 0) is 77.0 Å². The lowest BCUT2D eigenvalue weighted by atomic mass is 9.99. The number of anilines is 1. The van der Waals surface area contributed by atoms with Gasteiger partial charge in [0.2, 0.25) is 0 Å². The Labute approximate surface area is 305 Å². The zero-order chi connectivity index (χ0) is 34.2. The summed E-state index contributed by atoms with van der Waals surface area (Å²) in [4.78, 5) is 5.49. The molecule has 13 heteroatoms. The van der Waals surface area contributed by atoms with Crippen molar-refractivity contribution in [2.45, 2.75) is 53.1 Å². The number of rotatable bonds is 5. The van der Waals surface area contributed by atoms with E-state index in [0.29, 0.717) is 32.2 Å². The lowest BCUT2D eigenvalue weighted by molar-refractivity contribution is 0.104. The highest BCUT2D eigenvalue weighted by Crippen LogP contribution is 2.43. The highest BCUT2D eigenvalue weighted by atomic mass is 79.9. The molecule has 0 saturated carbocycles. The summed E-state index contributed by atoms with van der Waals surface area (Å²) in [7, 11) is 0. The molecule has 50 heavy (non-hydrogen) atoms. The van der Waals surface area contributed by atoms with Gasteiger partial charge in [0.1, 0.15) is 40.7 Å². The summed E-state index contributed by atoms with van der Waals surface area (Å²) in [5, 5.41) is 19.3. The van der Waals surface area contributed by atoms with Crippen LogP contribution in [0.2, 0.25) is 0 Å². The molecule has 2 aliphatic heterocycles. The van der Waals surface area contributed by atoms with E-state index in [1.807, 2.05) is 44.3 Å². The van der Waals surface area contributed by atoms with Gasteiger partial charge in [-0.2, -0.15) is 0 Å². The monoisotopic (exact) mass is 764 g/mol. The first-order valence-electron chi connectivity index (χ1n) is 16.2. The molecule has 0 unspecified atom stereocenters. The number of benzene rings is 2. The maximum Gasteiger partial charge on any atom is 0.164 e. The summed E-state index contributed by atoms with van der Waals surface area (Å²) >= 11 is 7.20. The zero-order valence-electron chi connectivity index (χ0n) is 27.5. The van der Waals surface area contributed by atoms with Crippen LogP contribution in [0, 0.1) is 13.8 Å². The number of hydrogen-bond donors (Lipinski definition) is 1. The average Bonchev–Trinajstić information content (AvgIpc) is 3.80. The van der Waals surface area contributed by atoms with Crippen LogP contribution in [-0.4, -0.2) is 34.5 Å². The molecule has 0 saturated heterocycles. The summed E-state index contributed by atoms with van der Waals surface area (Å²) < 4.78 is 17.2. The molecule has 2 aliphatic rings. The summed E-state index contributed by atoms with van der Waals surface area (Å²) in [5.74, 6) is 4.01. The number of nitrogens with two attached hydrogens (primary N) is 1. The van der Waals surface area contributed by atoms with Gasteiger partial charge in [0, 0.05) is 27.8 Å². The fourth-order valence-corrected chi connectivity index (χ4v) is 9.70. The lowest BCUT2D eigenvalue weighted by Crippen LogP contribution is -2.00. The van der Waals surface area contributed by atoms with Gasteiger partial charge in [-0.3, -0.25) is 9.13 Å². The first-order valence-corrected chi connectivity index (χ1v) is 18.6. The van der Waals surface area contributed by atoms with E-state index in [1.54, 1.807) is 22.7 Å². The van der Waals surface area contributed by atoms with Crippen LogP contribution < -0.4 is 5.73 Å². The molecule has 5 aromatic heterocycles. The van der Waals surface area contributed by atoms with Crippen LogP contribution in [0.4, 0.5) is 5.82 Å². The van der Waals surface area contributed by atoms with E-state index < -0.39 is 0 Å². The first kappa shape index (κ1) is 32.7. The van der Waals surface area contributed by atoms with E-state index in [2.05, 4.69) is 99.0 Å². The minimum atomic E-state index is 0.464. The number of ether oxygens (including phenoxy) is 2. The Bertz CT molecular complexity index is 2280. The molecule has 7 aromatic rings. The molecule has 0 radical (unpaired) electrons. The molecule has 2 N–H and O–H groups in total. The third-order valence-electron chi connectivity index (χ3n) is 8.78. The second-order valence-corrected chi connectivity index (χ2v) is 15.4. The van der Waals surface area contributed by atoms with Gasteiger partial charge in [0.15, 0.2) is 11.6 Å². The second-order valence-electron chi connectivity index (χ2n) is 12.1. The van der Waals surface area contributed by atoms with E-state index in [9.17, 15) is 0 Å². The number of thiophene rings is 2. The molecule has 0 spiro atoms. The Kier molecular flexibility index (Phi) is 9.15. The van der Waals surface area contributed by atoms with Crippen LogP contribution in [0.3, 0.4) is 0 Å². The number of pyridine rings is 1. The van der Waals surface area contributed by atoms with Crippen LogP contribution in [0.1, 0.15) is 56.7 Å². The third-order valence-corrected chi connectivity index (χ3v) is 12.1. The Morgan fingerprint density at radius 3 is 1.78 bits per heavy atom. The van der Waals surface area contributed by atoms with E-state index in [0.717, 1.165) is 50.5 Å². The highest BCUT2D eigenvalue weighted by Gasteiger charge is 2.27. The third kappa shape index (κ3) is 6.31. The predicted molar refractivity (Wildman–Crippen MR) is 199 cm³/mol. The van der Waals surface area contributed by atoms with E-state index in [1.165, 1.54) is 43.3 Å². The quantitative estimate of drug-likeness (QED) is 0.188. The van der Waals surface area contributed by atoms with Crippen LogP contribution >= 0.6 is 38.6 Å². The molecule has 0 fully saturated rings. The molecular weight excluding hydrogens is 732 g/mol. The van der Waals surface area contributed by atoms with Gasteiger partial charge < -0.3 is 15.2 Å². The SMILES string of the molecule is Cc1nnc2n1-c1sc(-c3ccc(N)nc3)c(Cc3ccccc3)c1COC2.Cc1nnc2n1-c1sc(Br)c(Cc3ccccc3)c1COC2. The number of aryl methyl sites for hydroxylation is 2. The predicted octanol–water partition coefficient (Wildman–Crippen LogP) is 7.92. The van der Waals surface area contributed by atoms with Gasteiger partial charge in [-0.25, -0.2) is 4.98 Å². The largest absolute Gasteiger partial charge is 0.384 e. The van der Waals surface area contributed by atoms with Crippen molar-refractivity contribution in [2.75, 3.05) is 5.73 Å². The Hall–Kier alpha value is -4.53. The molecule has 2 aromatic carbocycles. The zero-order valence-corrected chi connectivity index (χ0v) is 30.7. The summed E-state index contributed by atoms with van der Waals surface area (Å²) in [6.07, 6.45) is 3.56. The fourth-order valence-electron chi connectivity index (χ4n) is 6.35. The van der Waals surface area contributed by atoms with Crippen molar-refractivity contribution in [3.05, 3.63) is 139 Å². The molecule has 0 bridgehead atoms. The molecule has 0 aliphatic carbocycles. The normalized spacial score (nSPS) is 13.3. The van der Waals surface area contributed by atoms with Crippen molar-refractivity contribution in [3.63, 3.8) is 0 Å². The molecule has 0 atom stereocenters. The van der Waals surface area contributed by atoms with Gasteiger partial charge >= 0.3 is 0 Å². The average molecular weight is 766 g/mol. The number of halogens is 1. The number of fused-ring (bicyclic) bond motifs is 6.